The zero-order chi connectivity index (χ0) is 12.3. The highest BCUT2D eigenvalue weighted by Crippen LogP contribution is 2.61. The number of nitrogens with one attached hydrogen (secondary N) is 1. The quantitative estimate of drug-likeness (QED) is 0.806. The van der Waals surface area contributed by atoms with Gasteiger partial charge in [-0.25, -0.2) is 0 Å². The fourth-order valence-corrected chi connectivity index (χ4v) is 6.04. The van der Waals surface area contributed by atoms with Crippen molar-refractivity contribution in [1.82, 2.24) is 5.32 Å². The third-order valence-corrected chi connectivity index (χ3v) is 6.66. The SMILES string of the molecule is CC(NC1CC(N)C1)C12CC3CC(CC(C3)C1)C2. The molecule has 0 aromatic heterocycles. The van der Waals surface area contributed by atoms with E-state index in [9.17, 15) is 0 Å². The molecule has 18 heavy (non-hydrogen) atoms. The minimum Gasteiger partial charge on any atom is -0.328 e. The molecule has 0 heterocycles. The van der Waals surface area contributed by atoms with Crippen molar-refractivity contribution >= 4 is 0 Å². The van der Waals surface area contributed by atoms with E-state index in [4.69, 9.17) is 5.73 Å². The second-order valence-electron chi connectivity index (χ2n) is 8.10. The van der Waals surface area contributed by atoms with Gasteiger partial charge in [0, 0.05) is 18.1 Å². The summed E-state index contributed by atoms with van der Waals surface area (Å²) in [5, 5.41) is 3.92. The van der Waals surface area contributed by atoms with Crippen LogP contribution >= 0.6 is 0 Å². The van der Waals surface area contributed by atoms with Gasteiger partial charge in [-0.3, -0.25) is 0 Å². The molecule has 5 aliphatic rings. The van der Waals surface area contributed by atoms with Crippen LogP contribution in [0.4, 0.5) is 0 Å². The first-order valence-electron chi connectivity index (χ1n) is 8.14. The monoisotopic (exact) mass is 248 g/mol. The van der Waals surface area contributed by atoms with E-state index in [-0.39, 0.29) is 0 Å². The van der Waals surface area contributed by atoms with Crippen molar-refractivity contribution in [1.29, 1.82) is 0 Å². The first kappa shape index (κ1) is 11.7. The van der Waals surface area contributed by atoms with Crippen LogP contribution in [0.2, 0.25) is 0 Å². The lowest BCUT2D eigenvalue weighted by Crippen LogP contribution is -2.59. The number of hydrogen-bond acceptors (Lipinski definition) is 2. The van der Waals surface area contributed by atoms with Crippen molar-refractivity contribution in [3.63, 3.8) is 0 Å². The number of nitrogens with two attached hydrogens (primary N) is 1. The van der Waals surface area contributed by atoms with Crippen molar-refractivity contribution in [2.24, 2.45) is 28.9 Å². The van der Waals surface area contributed by atoms with E-state index in [1.165, 1.54) is 32.1 Å². The standard InChI is InChI=1S/C16H28N2/c1-10(18-15-5-14(17)6-15)16-7-11-2-12(8-16)4-13(3-11)9-16/h10-15,18H,2-9,17H2,1H3. The summed E-state index contributed by atoms with van der Waals surface area (Å²) in [7, 11) is 0. The lowest BCUT2D eigenvalue weighted by atomic mass is 9.48. The van der Waals surface area contributed by atoms with Gasteiger partial charge in [-0.2, -0.15) is 0 Å². The lowest BCUT2D eigenvalue weighted by molar-refractivity contribution is -0.0738. The highest BCUT2D eigenvalue weighted by molar-refractivity contribution is 5.06. The average molecular weight is 248 g/mol. The summed E-state index contributed by atoms with van der Waals surface area (Å²) in [6.45, 7) is 2.47. The predicted octanol–water partition coefficient (Wildman–Crippen LogP) is 2.67. The molecule has 0 saturated heterocycles. The van der Waals surface area contributed by atoms with E-state index in [0.29, 0.717) is 11.5 Å². The summed E-state index contributed by atoms with van der Waals surface area (Å²) >= 11 is 0. The van der Waals surface area contributed by atoms with E-state index in [1.54, 1.807) is 19.3 Å². The van der Waals surface area contributed by atoms with E-state index < -0.39 is 0 Å². The maximum Gasteiger partial charge on any atom is 0.00992 e. The first-order chi connectivity index (χ1) is 8.63. The van der Waals surface area contributed by atoms with Crippen LogP contribution in [0.25, 0.3) is 0 Å². The lowest BCUT2D eigenvalue weighted by Gasteiger charge is -2.59. The topological polar surface area (TPSA) is 38.0 Å². The molecule has 0 amide bonds. The largest absolute Gasteiger partial charge is 0.328 e. The van der Waals surface area contributed by atoms with Gasteiger partial charge >= 0.3 is 0 Å². The molecular formula is C16H28N2. The Bertz CT molecular complexity index is 297. The highest BCUT2D eigenvalue weighted by Gasteiger charge is 2.53. The summed E-state index contributed by atoms with van der Waals surface area (Å²) in [6, 6.07) is 1.93. The van der Waals surface area contributed by atoms with Crippen LogP contribution in [0.5, 0.6) is 0 Å². The molecule has 0 radical (unpaired) electrons. The van der Waals surface area contributed by atoms with Crippen LogP contribution in [-0.4, -0.2) is 18.1 Å². The Balaban J connectivity index is 1.46. The second kappa shape index (κ2) is 3.96. The zero-order valence-electron chi connectivity index (χ0n) is 11.7. The molecule has 2 heteroatoms. The van der Waals surface area contributed by atoms with Gasteiger partial charge in [-0.15, -0.1) is 0 Å². The van der Waals surface area contributed by atoms with Crippen molar-refractivity contribution in [2.45, 2.75) is 76.4 Å². The van der Waals surface area contributed by atoms with Crippen LogP contribution in [-0.2, 0) is 0 Å². The predicted molar refractivity (Wildman–Crippen MR) is 74.2 cm³/mol. The van der Waals surface area contributed by atoms with Crippen molar-refractivity contribution in [3.8, 4) is 0 Å². The Morgan fingerprint density at radius 2 is 1.44 bits per heavy atom. The van der Waals surface area contributed by atoms with Crippen LogP contribution in [0.3, 0.4) is 0 Å². The molecule has 3 N–H and O–H groups in total. The van der Waals surface area contributed by atoms with Crippen molar-refractivity contribution < 1.29 is 0 Å². The fourth-order valence-electron chi connectivity index (χ4n) is 6.04. The molecule has 4 bridgehead atoms. The maximum atomic E-state index is 5.91. The second-order valence-corrected chi connectivity index (χ2v) is 8.10. The molecule has 2 nitrogen and oxygen atoms in total. The Morgan fingerprint density at radius 3 is 1.89 bits per heavy atom. The Morgan fingerprint density at radius 1 is 0.944 bits per heavy atom. The first-order valence-corrected chi connectivity index (χ1v) is 8.14. The molecule has 0 spiro atoms. The van der Waals surface area contributed by atoms with Gasteiger partial charge in [0.25, 0.3) is 0 Å². The molecule has 102 valence electrons. The Hall–Kier alpha value is -0.0800. The third-order valence-electron chi connectivity index (χ3n) is 6.66. The Labute approximate surface area is 111 Å². The van der Waals surface area contributed by atoms with E-state index >= 15 is 0 Å². The summed E-state index contributed by atoms with van der Waals surface area (Å²) < 4.78 is 0. The average Bonchev–Trinajstić information content (AvgIpc) is 2.24. The molecule has 0 aromatic carbocycles. The third kappa shape index (κ3) is 1.76. The van der Waals surface area contributed by atoms with Gasteiger partial charge < -0.3 is 11.1 Å². The summed E-state index contributed by atoms with van der Waals surface area (Å²) in [5.41, 5.74) is 6.57. The molecule has 5 rings (SSSR count). The molecule has 0 aromatic rings. The smallest absolute Gasteiger partial charge is 0.00992 e. The van der Waals surface area contributed by atoms with E-state index in [0.717, 1.165) is 29.8 Å². The summed E-state index contributed by atoms with van der Waals surface area (Å²) in [6.07, 6.45) is 11.6. The van der Waals surface area contributed by atoms with E-state index in [1.807, 2.05) is 0 Å². The fraction of sp³-hybridized carbons (Fsp3) is 1.00. The van der Waals surface area contributed by atoms with Crippen molar-refractivity contribution in [2.75, 3.05) is 0 Å². The Kier molecular flexibility index (Phi) is 2.58. The van der Waals surface area contributed by atoms with Gasteiger partial charge in [0.15, 0.2) is 0 Å². The zero-order valence-corrected chi connectivity index (χ0v) is 11.7. The van der Waals surface area contributed by atoms with Crippen LogP contribution in [0.1, 0.15) is 58.3 Å². The summed E-state index contributed by atoms with van der Waals surface area (Å²) in [4.78, 5) is 0. The minimum atomic E-state index is 0.478. The van der Waals surface area contributed by atoms with Crippen LogP contribution in [0.15, 0.2) is 0 Å². The van der Waals surface area contributed by atoms with Gasteiger partial charge in [0.1, 0.15) is 0 Å². The molecule has 5 fully saturated rings. The van der Waals surface area contributed by atoms with Crippen molar-refractivity contribution in [3.05, 3.63) is 0 Å². The van der Waals surface area contributed by atoms with Gasteiger partial charge in [-0.1, -0.05) is 0 Å². The number of rotatable bonds is 3. The molecule has 5 aliphatic carbocycles. The minimum absolute atomic E-state index is 0.478. The highest BCUT2D eigenvalue weighted by atomic mass is 15.0. The molecule has 1 atom stereocenters. The molecule has 1 unspecified atom stereocenters. The normalized spacial score (nSPS) is 55.3. The summed E-state index contributed by atoms with van der Waals surface area (Å²) in [5.74, 6) is 3.22. The van der Waals surface area contributed by atoms with Gasteiger partial charge in [0.05, 0.1) is 0 Å². The maximum absolute atomic E-state index is 5.91. The van der Waals surface area contributed by atoms with Gasteiger partial charge in [-0.05, 0) is 81.5 Å². The van der Waals surface area contributed by atoms with E-state index in [2.05, 4.69) is 12.2 Å². The molecular weight excluding hydrogens is 220 g/mol. The molecule has 0 aliphatic heterocycles. The van der Waals surface area contributed by atoms with Crippen LogP contribution in [0, 0.1) is 23.2 Å². The van der Waals surface area contributed by atoms with Crippen LogP contribution < -0.4 is 11.1 Å². The van der Waals surface area contributed by atoms with Gasteiger partial charge in [0.2, 0.25) is 0 Å². The molecule has 5 saturated carbocycles. The number of hydrogen-bond donors (Lipinski definition) is 2.